The van der Waals surface area contributed by atoms with Crippen molar-refractivity contribution in [1.82, 2.24) is 0 Å². The third kappa shape index (κ3) is 4.06. The number of hydrogen-bond acceptors (Lipinski definition) is 5. The molecular formula is C12H16O5S. The smallest absolute Gasteiger partial charge is 0.264 e. The Hall–Kier alpha value is -0.950. The average Bonchev–Trinajstić information content (AvgIpc) is 2.81. The van der Waals surface area contributed by atoms with E-state index in [4.69, 9.17) is 13.7 Å². The summed E-state index contributed by atoms with van der Waals surface area (Å²) in [6.07, 6.45) is 1.28. The van der Waals surface area contributed by atoms with Gasteiger partial charge in [0.1, 0.15) is 0 Å². The normalized spacial score (nSPS) is 17.2. The van der Waals surface area contributed by atoms with Crippen LogP contribution in [0, 0.1) is 0 Å². The molecule has 5 nitrogen and oxygen atoms in total. The van der Waals surface area contributed by atoms with E-state index in [1.807, 2.05) is 24.3 Å². The maximum Gasteiger partial charge on any atom is 0.264 e. The highest BCUT2D eigenvalue weighted by Crippen LogP contribution is 2.23. The van der Waals surface area contributed by atoms with Gasteiger partial charge in [-0.15, -0.1) is 0 Å². The summed E-state index contributed by atoms with van der Waals surface area (Å²) in [6, 6.07) is 7.69. The van der Waals surface area contributed by atoms with Crippen molar-refractivity contribution in [2.75, 3.05) is 26.1 Å². The van der Waals surface area contributed by atoms with Crippen LogP contribution in [0.25, 0.3) is 0 Å². The van der Waals surface area contributed by atoms with Gasteiger partial charge in [0.05, 0.1) is 26.1 Å². The molecule has 6 heteroatoms. The maximum absolute atomic E-state index is 10.8. The molecule has 0 atom stereocenters. The van der Waals surface area contributed by atoms with Crippen LogP contribution in [0.5, 0.6) is 0 Å². The van der Waals surface area contributed by atoms with Crippen molar-refractivity contribution >= 4 is 10.1 Å². The Labute approximate surface area is 107 Å². The summed E-state index contributed by atoms with van der Waals surface area (Å²) in [4.78, 5) is 0. The van der Waals surface area contributed by atoms with E-state index in [1.54, 1.807) is 0 Å². The van der Waals surface area contributed by atoms with Crippen LogP contribution in [0.2, 0.25) is 0 Å². The molecule has 1 aromatic carbocycles. The minimum Gasteiger partial charge on any atom is -0.346 e. The predicted molar refractivity (Wildman–Crippen MR) is 65.6 cm³/mol. The molecular weight excluding hydrogens is 256 g/mol. The summed E-state index contributed by atoms with van der Waals surface area (Å²) in [5.41, 5.74) is 1.94. The van der Waals surface area contributed by atoms with E-state index in [0.717, 1.165) is 17.4 Å². The molecule has 0 N–H and O–H groups in total. The van der Waals surface area contributed by atoms with Gasteiger partial charge in [-0.05, 0) is 12.0 Å². The van der Waals surface area contributed by atoms with E-state index >= 15 is 0 Å². The number of benzene rings is 1. The lowest BCUT2D eigenvalue weighted by atomic mass is 10.1. The van der Waals surface area contributed by atoms with Crippen molar-refractivity contribution in [3.05, 3.63) is 35.4 Å². The first kappa shape index (κ1) is 13.5. The Kier molecular flexibility index (Phi) is 4.34. The molecule has 0 bridgehead atoms. The van der Waals surface area contributed by atoms with Crippen LogP contribution in [-0.4, -0.2) is 34.5 Å². The molecule has 0 spiro atoms. The van der Waals surface area contributed by atoms with Crippen molar-refractivity contribution in [1.29, 1.82) is 0 Å². The van der Waals surface area contributed by atoms with Crippen molar-refractivity contribution in [3.63, 3.8) is 0 Å². The molecule has 18 heavy (non-hydrogen) atoms. The lowest BCUT2D eigenvalue weighted by molar-refractivity contribution is -0.0441. The second-order valence-corrected chi connectivity index (χ2v) is 5.74. The highest BCUT2D eigenvalue weighted by Gasteiger charge is 2.18. The minimum absolute atomic E-state index is 0.147. The highest BCUT2D eigenvalue weighted by atomic mass is 32.2. The van der Waals surface area contributed by atoms with E-state index in [0.29, 0.717) is 19.6 Å². The lowest BCUT2D eigenvalue weighted by Crippen LogP contribution is -2.06. The van der Waals surface area contributed by atoms with Gasteiger partial charge in [-0.3, -0.25) is 4.18 Å². The Morgan fingerprint density at radius 2 is 2.06 bits per heavy atom. The summed E-state index contributed by atoms with van der Waals surface area (Å²) in [5.74, 6) is 0. The third-order valence-corrected chi connectivity index (χ3v) is 3.13. The van der Waals surface area contributed by atoms with Crippen LogP contribution in [0.15, 0.2) is 24.3 Å². The summed E-state index contributed by atoms with van der Waals surface area (Å²) in [6.45, 7) is 1.35. The quantitative estimate of drug-likeness (QED) is 0.755. The summed E-state index contributed by atoms with van der Waals surface area (Å²) in [5, 5.41) is 0. The van der Waals surface area contributed by atoms with E-state index in [9.17, 15) is 8.42 Å². The molecule has 0 radical (unpaired) electrons. The molecule has 1 aromatic rings. The molecule has 1 aliphatic heterocycles. The topological polar surface area (TPSA) is 61.8 Å². The van der Waals surface area contributed by atoms with E-state index in [-0.39, 0.29) is 12.9 Å². The first-order valence-electron chi connectivity index (χ1n) is 5.71. The molecule has 100 valence electrons. The molecule has 1 heterocycles. The fraction of sp³-hybridized carbons (Fsp3) is 0.500. The highest BCUT2D eigenvalue weighted by molar-refractivity contribution is 7.85. The largest absolute Gasteiger partial charge is 0.346 e. The van der Waals surface area contributed by atoms with Crippen molar-refractivity contribution < 1.29 is 22.1 Å². The zero-order chi connectivity index (χ0) is 13.0. The van der Waals surface area contributed by atoms with Gasteiger partial charge < -0.3 is 9.47 Å². The zero-order valence-electron chi connectivity index (χ0n) is 10.2. The van der Waals surface area contributed by atoms with Crippen molar-refractivity contribution in [3.8, 4) is 0 Å². The van der Waals surface area contributed by atoms with Crippen LogP contribution < -0.4 is 0 Å². The zero-order valence-corrected chi connectivity index (χ0v) is 11.0. The fourth-order valence-corrected chi connectivity index (χ4v) is 2.14. The van der Waals surface area contributed by atoms with Gasteiger partial charge in [0.15, 0.2) is 6.29 Å². The second kappa shape index (κ2) is 5.79. The Morgan fingerprint density at radius 1 is 1.33 bits per heavy atom. The fourth-order valence-electron chi connectivity index (χ4n) is 1.76. The van der Waals surface area contributed by atoms with Gasteiger partial charge in [0.25, 0.3) is 10.1 Å². The number of rotatable bonds is 5. The first-order chi connectivity index (χ1) is 8.54. The van der Waals surface area contributed by atoms with Crippen LogP contribution in [-0.2, 0) is 30.2 Å². The summed E-state index contributed by atoms with van der Waals surface area (Å²) in [7, 11) is -3.37. The average molecular weight is 272 g/mol. The van der Waals surface area contributed by atoms with E-state index in [2.05, 4.69) is 0 Å². The van der Waals surface area contributed by atoms with Crippen LogP contribution in [0.4, 0.5) is 0 Å². The minimum atomic E-state index is -3.37. The van der Waals surface area contributed by atoms with Crippen molar-refractivity contribution in [2.45, 2.75) is 12.7 Å². The van der Waals surface area contributed by atoms with Gasteiger partial charge in [0.2, 0.25) is 0 Å². The second-order valence-electron chi connectivity index (χ2n) is 4.09. The number of hydrogen-bond donors (Lipinski definition) is 0. The Bertz CT molecular complexity index is 491. The number of ether oxygens (including phenoxy) is 2. The third-order valence-electron chi connectivity index (χ3n) is 2.53. The van der Waals surface area contributed by atoms with Gasteiger partial charge in [-0.25, -0.2) is 0 Å². The van der Waals surface area contributed by atoms with Crippen LogP contribution in [0.3, 0.4) is 0 Å². The lowest BCUT2D eigenvalue weighted by Gasteiger charge is -2.10. The molecule has 2 rings (SSSR count). The predicted octanol–water partition coefficient (Wildman–Crippen LogP) is 1.25. The van der Waals surface area contributed by atoms with E-state index in [1.165, 1.54) is 0 Å². The Morgan fingerprint density at radius 3 is 2.72 bits per heavy atom. The monoisotopic (exact) mass is 272 g/mol. The van der Waals surface area contributed by atoms with Gasteiger partial charge in [-0.2, -0.15) is 8.42 Å². The molecule has 0 saturated carbocycles. The van der Waals surface area contributed by atoms with Crippen LogP contribution >= 0.6 is 0 Å². The SMILES string of the molecule is CS(=O)(=O)OCCc1cccc(C2OCCO2)c1. The molecule has 0 aliphatic carbocycles. The molecule has 0 unspecified atom stereocenters. The molecule has 1 fully saturated rings. The molecule has 0 amide bonds. The first-order valence-corrected chi connectivity index (χ1v) is 7.53. The maximum atomic E-state index is 10.8. The standard InChI is InChI=1S/C12H16O5S/c1-18(13,14)17-6-5-10-3-2-4-11(9-10)12-15-7-8-16-12/h2-4,9,12H,5-8H2,1H3. The van der Waals surface area contributed by atoms with Gasteiger partial charge in [0, 0.05) is 5.56 Å². The summed E-state index contributed by atoms with van der Waals surface area (Å²) >= 11 is 0. The Balaban J connectivity index is 1.94. The molecule has 1 saturated heterocycles. The van der Waals surface area contributed by atoms with Gasteiger partial charge >= 0.3 is 0 Å². The van der Waals surface area contributed by atoms with E-state index < -0.39 is 10.1 Å². The molecule has 0 aromatic heterocycles. The van der Waals surface area contributed by atoms with Gasteiger partial charge in [-0.1, -0.05) is 24.3 Å². The van der Waals surface area contributed by atoms with Crippen LogP contribution in [0.1, 0.15) is 17.4 Å². The molecule has 1 aliphatic rings. The summed E-state index contributed by atoms with van der Waals surface area (Å²) < 4.78 is 37.2. The van der Waals surface area contributed by atoms with Crippen molar-refractivity contribution in [2.24, 2.45) is 0 Å².